The molecule has 0 radical (unpaired) electrons. The molecule has 8 heteroatoms. The maximum absolute atomic E-state index is 12.2. The van der Waals surface area contributed by atoms with E-state index in [9.17, 15) is 8.42 Å². The third-order valence-electron chi connectivity index (χ3n) is 3.68. The summed E-state index contributed by atoms with van der Waals surface area (Å²) in [4.78, 5) is 4.17. The second-order valence-corrected chi connectivity index (χ2v) is 6.69. The first-order valence-corrected chi connectivity index (χ1v) is 7.90. The monoisotopic (exact) mass is 306 g/mol. The molecule has 2 aliphatic rings. The van der Waals surface area contributed by atoms with Crippen LogP contribution in [-0.4, -0.2) is 37.6 Å². The molecule has 1 unspecified atom stereocenters. The number of sulfonamides is 1. The van der Waals surface area contributed by atoms with Crippen LogP contribution in [0.25, 0.3) is 0 Å². The van der Waals surface area contributed by atoms with Gasteiger partial charge in [0.2, 0.25) is 0 Å². The molecule has 2 N–H and O–H groups in total. The second-order valence-electron chi connectivity index (χ2n) is 4.98. The second kappa shape index (κ2) is 5.78. The first kappa shape index (κ1) is 14.8. The first-order chi connectivity index (χ1) is 8.67. The Bertz CT molecular complexity index is 537. The normalized spacial score (nSPS) is 22.2. The van der Waals surface area contributed by atoms with Crippen LogP contribution in [0.2, 0.25) is 0 Å². The molecular formula is C11H19ClN4O2S. The zero-order valence-electron chi connectivity index (χ0n) is 10.6. The smallest absolute Gasteiger partial charge is 0.257 e. The third kappa shape index (κ3) is 2.94. The maximum Gasteiger partial charge on any atom is 0.257 e. The highest BCUT2D eigenvalue weighted by Crippen LogP contribution is 2.20. The van der Waals surface area contributed by atoms with Crippen LogP contribution in [-0.2, 0) is 23.0 Å². The van der Waals surface area contributed by atoms with Crippen LogP contribution < -0.4 is 10.0 Å². The summed E-state index contributed by atoms with van der Waals surface area (Å²) < 4.78 is 29.0. The molecule has 1 atom stereocenters. The Labute approximate surface area is 119 Å². The predicted molar refractivity (Wildman–Crippen MR) is 74.0 cm³/mol. The van der Waals surface area contributed by atoms with Gasteiger partial charge in [-0.3, -0.25) is 0 Å². The molecule has 1 fully saturated rings. The number of nitrogens with zero attached hydrogens (tertiary/aromatic N) is 2. The summed E-state index contributed by atoms with van der Waals surface area (Å²) >= 11 is 0. The highest BCUT2D eigenvalue weighted by molar-refractivity contribution is 7.89. The van der Waals surface area contributed by atoms with Crippen molar-refractivity contribution >= 4 is 22.4 Å². The Morgan fingerprint density at radius 1 is 1.53 bits per heavy atom. The molecule has 0 spiro atoms. The number of aromatic nitrogens is 2. The van der Waals surface area contributed by atoms with E-state index in [1.165, 1.54) is 6.20 Å². The number of hydrogen-bond donors (Lipinski definition) is 2. The van der Waals surface area contributed by atoms with Crippen molar-refractivity contribution in [2.45, 2.75) is 30.8 Å². The highest BCUT2D eigenvalue weighted by atomic mass is 35.5. The van der Waals surface area contributed by atoms with Gasteiger partial charge in [-0.25, -0.2) is 18.1 Å². The Balaban J connectivity index is 0.00000133. The van der Waals surface area contributed by atoms with Gasteiger partial charge in [0.1, 0.15) is 5.82 Å². The van der Waals surface area contributed by atoms with Crippen LogP contribution >= 0.6 is 12.4 Å². The van der Waals surface area contributed by atoms with Crippen molar-refractivity contribution in [3.8, 4) is 0 Å². The van der Waals surface area contributed by atoms with Gasteiger partial charge in [-0.1, -0.05) is 0 Å². The number of halogens is 1. The number of hydrogen-bond acceptors (Lipinski definition) is 4. The molecule has 2 aliphatic heterocycles. The average Bonchev–Trinajstić information content (AvgIpc) is 3.03. The van der Waals surface area contributed by atoms with Crippen LogP contribution in [0.3, 0.4) is 0 Å². The minimum atomic E-state index is -3.41. The summed E-state index contributed by atoms with van der Waals surface area (Å²) in [5, 5.41) is 3.55. The fourth-order valence-corrected chi connectivity index (χ4v) is 3.92. The van der Waals surface area contributed by atoms with Gasteiger partial charge in [0, 0.05) is 19.5 Å². The van der Waals surface area contributed by atoms with Gasteiger partial charge in [0.25, 0.3) is 10.0 Å². The Kier molecular flexibility index (Phi) is 4.50. The van der Waals surface area contributed by atoms with E-state index in [2.05, 4.69) is 15.0 Å². The number of imidazole rings is 1. The summed E-state index contributed by atoms with van der Waals surface area (Å²) in [7, 11) is -3.41. The third-order valence-corrected chi connectivity index (χ3v) is 5.11. The lowest BCUT2D eigenvalue weighted by molar-refractivity contribution is 0.530. The summed E-state index contributed by atoms with van der Waals surface area (Å²) in [6.07, 6.45) is 4.37. The summed E-state index contributed by atoms with van der Waals surface area (Å²) in [5.41, 5.74) is 0. The molecule has 1 saturated heterocycles. The van der Waals surface area contributed by atoms with Crippen LogP contribution in [0.5, 0.6) is 0 Å². The molecule has 6 nitrogen and oxygen atoms in total. The van der Waals surface area contributed by atoms with E-state index < -0.39 is 10.0 Å². The summed E-state index contributed by atoms with van der Waals surface area (Å²) in [6, 6.07) is 0. The molecule has 0 aromatic carbocycles. The van der Waals surface area contributed by atoms with Crippen molar-refractivity contribution < 1.29 is 8.42 Å². The molecule has 0 bridgehead atoms. The average molecular weight is 307 g/mol. The van der Waals surface area contributed by atoms with Crippen molar-refractivity contribution in [3.05, 3.63) is 12.0 Å². The quantitative estimate of drug-likeness (QED) is 0.829. The zero-order chi connectivity index (χ0) is 12.6. The van der Waals surface area contributed by atoms with Gasteiger partial charge in [-0.05, 0) is 31.8 Å². The first-order valence-electron chi connectivity index (χ1n) is 6.41. The zero-order valence-corrected chi connectivity index (χ0v) is 12.3. The van der Waals surface area contributed by atoms with Crippen molar-refractivity contribution in [3.63, 3.8) is 0 Å². The predicted octanol–water partition coefficient (Wildman–Crippen LogP) is 0.139. The van der Waals surface area contributed by atoms with E-state index >= 15 is 0 Å². The van der Waals surface area contributed by atoms with E-state index in [4.69, 9.17) is 0 Å². The standard InChI is InChI=1S/C11H18N4O2S.ClH/c16-18(17,14-7-9-3-4-12-6-9)11-8-13-10-2-1-5-15(10)11;/h8-9,12,14H,1-7H2;1H. The van der Waals surface area contributed by atoms with E-state index in [0.717, 1.165) is 44.7 Å². The Morgan fingerprint density at radius 3 is 3.11 bits per heavy atom. The lowest BCUT2D eigenvalue weighted by Gasteiger charge is -2.11. The van der Waals surface area contributed by atoms with Crippen LogP contribution in [0, 0.1) is 5.92 Å². The molecule has 3 rings (SSSR count). The van der Waals surface area contributed by atoms with Crippen molar-refractivity contribution in [1.29, 1.82) is 0 Å². The van der Waals surface area contributed by atoms with Crippen molar-refractivity contribution in [2.75, 3.05) is 19.6 Å². The maximum atomic E-state index is 12.2. The fourth-order valence-electron chi connectivity index (χ4n) is 2.63. The Hall–Kier alpha value is -0.630. The summed E-state index contributed by atoms with van der Waals surface area (Å²) in [5.74, 6) is 1.29. The number of rotatable bonds is 4. The largest absolute Gasteiger partial charge is 0.318 e. The van der Waals surface area contributed by atoms with Crippen molar-refractivity contribution in [2.24, 2.45) is 5.92 Å². The molecule has 0 saturated carbocycles. The molecule has 1 aromatic rings. The minimum absolute atomic E-state index is 0. The Morgan fingerprint density at radius 2 is 2.37 bits per heavy atom. The lowest BCUT2D eigenvalue weighted by atomic mass is 10.1. The molecule has 1 aromatic heterocycles. The highest BCUT2D eigenvalue weighted by Gasteiger charge is 2.26. The van der Waals surface area contributed by atoms with Gasteiger partial charge in [0.15, 0.2) is 5.03 Å². The minimum Gasteiger partial charge on any atom is -0.318 e. The van der Waals surface area contributed by atoms with E-state index in [-0.39, 0.29) is 12.4 Å². The van der Waals surface area contributed by atoms with E-state index in [1.807, 2.05) is 4.57 Å². The van der Waals surface area contributed by atoms with Crippen LogP contribution in [0.1, 0.15) is 18.7 Å². The van der Waals surface area contributed by atoms with Crippen molar-refractivity contribution in [1.82, 2.24) is 19.6 Å². The molecule has 0 aliphatic carbocycles. The molecule has 3 heterocycles. The van der Waals surface area contributed by atoms with E-state index in [1.54, 1.807) is 0 Å². The van der Waals surface area contributed by atoms with Gasteiger partial charge in [0.05, 0.1) is 6.20 Å². The molecule has 108 valence electrons. The number of aryl methyl sites for hydroxylation is 1. The number of nitrogens with one attached hydrogen (secondary N) is 2. The lowest BCUT2D eigenvalue weighted by Crippen LogP contribution is -2.31. The van der Waals surface area contributed by atoms with Crippen LogP contribution in [0.4, 0.5) is 0 Å². The van der Waals surface area contributed by atoms with Gasteiger partial charge >= 0.3 is 0 Å². The molecule has 0 amide bonds. The SMILES string of the molecule is Cl.O=S(=O)(NCC1CCNC1)c1cnc2n1CCC2. The van der Waals surface area contributed by atoms with Gasteiger partial charge in [-0.15, -0.1) is 12.4 Å². The number of fused-ring (bicyclic) bond motifs is 1. The van der Waals surface area contributed by atoms with Gasteiger partial charge < -0.3 is 9.88 Å². The topological polar surface area (TPSA) is 76.0 Å². The molecular weight excluding hydrogens is 288 g/mol. The van der Waals surface area contributed by atoms with Gasteiger partial charge in [-0.2, -0.15) is 0 Å². The molecule has 19 heavy (non-hydrogen) atoms. The van der Waals surface area contributed by atoms with Crippen LogP contribution in [0.15, 0.2) is 11.2 Å². The summed E-state index contributed by atoms with van der Waals surface area (Å²) in [6.45, 7) is 3.15. The van der Waals surface area contributed by atoms with E-state index in [0.29, 0.717) is 17.5 Å². The fraction of sp³-hybridized carbons (Fsp3) is 0.727.